The number of fused-ring (bicyclic) bond motifs is 1. The number of aliphatic hydroxyl groups excluding tert-OH is 1. The van der Waals surface area contributed by atoms with Crippen molar-refractivity contribution in [2.24, 2.45) is 17.8 Å². The van der Waals surface area contributed by atoms with Gasteiger partial charge in [0.15, 0.2) is 0 Å². The molecule has 8 nitrogen and oxygen atoms in total. The van der Waals surface area contributed by atoms with Crippen molar-refractivity contribution in [1.82, 2.24) is 15.5 Å². The fraction of sp³-hybridized carbons (Fsp3) is 0.880. The molecule has 1 saturated carbocycles. The van der Waals surface area contributed by atoms with E-state index in [1.54, 1.807) is 4.90 Å². The molecule has 0 aromatic carbocycles. The fourth-order valence-corrected chi connectivity index (χ4v) is 7.72. The highest BCUT2D eigenvalue weighted by Crippen LogP contribution is 2.60. The summed E-state index contributed by atoms with van der Waals surface area (Å²) in [7, 11) is 0. The maximum absolute atomic E-state index is 14.0. The van der Waals surface area contributed by atoms with Crippen molar-refractivity contribution >= 4 is 33.7 Å². The lowest BCUT2D eigenvalue weighted by Crippen LogP contribution is -2.59. The predicted octanol–water partition coefficient (Wildman–Crippen LogP) is 2.12. The Morgan fingerprint density at radius 2 is 1.94 bits per heavy atom. The van der Waals surface area contributed by atoms with Crippen LogP contribution < -0.4 is 10.6 Å². The topological polar surface area (TPSA) is 108 Å². The second kappa shape index (κ2) is 10.4. The van der Waals surface area contributed by atoms with Gasteiger partial charge < -0.3 is 25.4 Å². The van der Waals surface area contributed by atoms with Crippen molar-refractivity contribution in [2.45, 2.75) is 107 Å². The highest BCUT2D eigenvalue weighted by atomic mass is 79.9. The quantitative estimate of drug-likeness (QED) is 0.387. The Balaban J connectivity index is 1.70. The molecule has 0 radical (unpaired) electrons. The number of nitrogens with one attached hydrogen (secondary N) is 2. The molecular weight excluding hydrogens is 502 g/mol. The summed E-state index contributed by atoms with van der Waals surface area (Å²) in [6.07, 6.45) is 6.63. The van der Waals surface area contributed by atoms with E-state index in [2.05, 4.69) is 26.6 Å². The van der Waals surface area contributed by atoms with Crippen LogP contribution in [-0.2, 0) is 19.1 Å². The summed E-state index contributed by atoms with van der Waals surface area (Å²) in [6, 6.07) is -1.25. The summed E-state index contributed by atoms with van der Waals surface area (Å²) in [5.41, 5.74) is -1.06. The molecule has 2 bridgehead atoms. The van der Waals surface area contributed by atoms with Crippen molar-refractivity contribution in [3.8, 4) is 0 Å². The third-order valence-corrected chi connectivity index (χ3v) is 8.97. The number of likely N-dealkylation sites (tertiary alicyclic amines) is 1. The smallest absolute Gasteiger partial charge is 0.246 e. The molecule has 1 spiro atoms. The molecule has 3 amide bonds. The minimum absolute atomic E-state index is 0.0911. The van der Waals surface area contributed by atoms with Crippen molar-refractivity contribution in [3.63, 3.8) is 0 Å². The molecule has 3 heterocycles. The van der Waals surface area contributed by atoms with Crippen molar-refractivity contribution < 1.29 is 24.2 Å². The number of hydrogen-bond donors (Lipinski definition) is 3. The first-order valence-electron chi connectivity index (χ1n) is 13.1. The lowest BCUT2D eigenvalue weighted by molar-refractivity contribution is -0.146. The Kier molecular flexibility index (Phi) is 7.94. The van der Waals surface area contributed by atoms with E-state index in [0.29, 0.717) is 19.4 Å². The number of alkyl halides is 1. The number of carbonyl (C=O) groups is 3. The molecule has 7 atom stereocenters. The predicted molar refractivity (Wildman–Crippen MR) is 131 cm³/mol. The number of ether oxygens (including phenoxy) is 1. The SMILES string of the molecule is CCCNC(=O)[C@H]1[C@H]2C(=O)N([C@@H](CO)CC(C)C)C(C(=O)NC3CCCCC3)C23CC(Br)[C@@H]1O3. The molecule has 4 rings (SSSR count). The first kappa shape index (κ1) is 25.9. The van der Waals surface area contributed by atoms with E-state index in [0.717, 1.165) is 32.1 Å². The van der Waals surface area contributed by atoms with E-state index in [4.69, 9.17) is 4.74 Å². The number of hydrogen-bond acceptors (Lipinski definition) is 5. The van der Waals surface area contributed by atoms with Crippen LogP contribution in [0.4, 0.5) is 0 Å². The lowest BCUT2D eigenvalue weighted by atomic mass is 9.70. The Hall–Kier alpha value is -1.19. The number of amides is 3. The van der Waals surface area contributed by atoms with Gasteiger partial charge in [-0.2, -0.15) is 0 Å². The number of halogens is 1. The summed E-state index contributed by atoms with van der Waals surface area (Å²) in [4.78, 5) is 42.6. The van der Waals surface area contributed by atoms with Crippen LogP contribution in [-0.4, -0.2) is 75.5 Å². The summed E-state index contributed by atoms with van der Waals surface area (Å²) in [5, 5.41) is 16.5. The molecule has 9 heteroatoms. The molecule has 3 unspecified atom stereocenters. The highest BCUT2D eigenvalue weighted by Gasteiger charge is 2.77. The molecule has 34 heavy (non-hydrogen) atoms. The van der Waals surface area contributed by atoms with Gasteiger partial charge in [0.25, 0.3) is 0 Å². The van der Waals surface area contributed by atoms with E-state index >= 15 is 0 Å². The highest BCUT2D eigenvalue weighted by molar-refractivity contribution is 9.09. The molecule has 3 N–H and O–H groups in total. The van der Waals surface area contributed by atoms with E-state index in [-0.39, 0.29) is 41.1 Å². The molecule has 3 aliphatic heterocycles. The summed E-state index contributed by atoms with van der Waals surface area (Å²) < 4.78 is 6.52. The Labute approximate surface area is 211 Å². The molecule has 1 aliphatic carbocycles. The van der Waals surface area contributed by atoms with Gasteiger partial charge in [-0.05, 0) is 38.0 Å². The van der Waals surface area contributed by atoms with Crippen LogP contribution in [0.3, 0.4) is 0 Å². The minimum Gasteiger partial charge on any atom is -0.394 e. The van der Waals surface area contributed by atoms with Gasteiger partial charge in [-0.1, -0.05) is 56.0 Å². The van der Waals surface area contributed by atoms with Crippen molar-refractivity contribution in [3.05, 3.63) is 0 Å². The fourth-order valence-electron chi connectivity index (χ4n) is 6.77. The molecule has 192 valence electrons. The van der Waals surface area contributed by atoms with Gasteiger partial charge in [0.1, 0.15) is 11.6 Å². The molecule has 0 aromatic heterocycles. The van der Waals surface area contributed by atoms with E-state index in [1.165, 1.54) is 6.42 Å². The molecular formula is C25H40BrN3O5. The Morgan fingerprint density at radius 1 is 1.24 bits per heavy atom. The summed E-state index contributed by atoms with van der Waals surface area (Å²) in [5.74, 6) is -1.76. The Bertz CT molecular complexity index is 789. The van der Waals surface area contributed by atoms with Gasteiger partial charge in [0, 0.05) is 17.4 Å². The number of nitrogens with zero attached hydrogens (tertiary/aromatic N) is 1. The zero-order valence-electron chi connectivity index (χ0n) is 20.6. The van der Waals surface area contributed by atoms with Crippen LogP contribution in [0.25, 0.3) is 0 Å². The van der Waals surface area contributed by atoms with Gasteiger partial charge in [-0.3, -0.25) is 14.4 Å². The third kappa shape index (κ3) is 4.41. The monoisotopic (exact) mass is 541 g/mol. The summed E-state index contributed by atoms with van der Waals surface area (Å²) in [6.45, 7) is 6.37. The molecule has 4 aliphatic rings. The van der Waals surface area contributed by atoms with Crippen molar-refractivity contribution in [1.29, 1.82) is 0 Å². The first-order chi connectivity index (χ1) is 16.2. The normalized spacial score (nSPS) is 36.1. The van der Waals surface area contributed by atoms with E-state index < -0.39 is 35.6 Å². The van der Waals surface area contributed by atoms with Gasteiger partial charge in [-0.25, -0.2) is 0 Å². The first-order valence-corrected chi connectivity index (χ1v) is 14.0. The average molecular weight is 543 g/mol. The standard InChI is InChI=1S/C25H40BrN3O5/c1-4-10-27-22(31)18-19-24(33)29(16(13-30)11-14(2)3)21(25(19)12-17(26)20(18)34-25)23(32)28-15-8-6-5-7-9-15/h14-21,30H,4-13H2,1-3H3,(H,27,31)(H,28,32)/t16-,17?,18+,19+,20+,21?,25?/m1/s1. The largest absolute Gasteiger partial charge is 0.394 e. The number of rotatable bonds is 9. The molecule has 0 aromatic rings. The minimum atomic E-state index is -1.06. The van der Waals surface area contributed by atoms with Gasteiger partial charge in [0.05, 0.1) is 30.6 Å². The third-order valence-electron chi connectivity index (χ3n) is 8.13. The second-order valence-electron chi connectivity index (χ2n) is 11.0. The van der Waals surface area contributed by atoms with Crippen LogP contribution in [0, 0.1) is 17.8 Å². The van der Waals surface area contributed by atoms with Crippen LogP contribution in [0.15, 0.2) is 0 Å². The van der Waals surface area contributed by atoms with Crippen molar-refractivity contribution in [2.75, 3.05) is 13.2 Å². The van der Waals surface area contributed by atoms with Gasteiger partial charge >= 0.3 is 0 Å². The van der Waals surface area contributed by atoms with Crippen LogP contribution in [0.1, 0.15) is 72.1 Å². The molecule has 3 saturated heterocycles. The summed E-state index contributed by atoms with van der Waals surface area (Å²) >= 11 is 3.70. The zero-order valence-corrected chi connectivity index (χ0v) is 22.2. The lowest BCUT2D eigenvalue weighted by Gasteiger charge is -2.38. The van der Waals surface area contributed by atoms with Crippen LogP contribution in [0.2, 0.25) is 0 Å². The van der Waals surface area contributed by atoms with E-state index in [1.807, 2.05) is 20.8 Å². The van der Waals surface area contributed by atoms with Crippen LogP contribution in [0.5, 0.6) is 0 Å². The average Bonchev–Trinajstić information content (AvgIpc) is 3.39. The zero-order chi connectivity index (χ0) is 24.6. The molecule has 4 fully saturated rings. The second-order valence-corrected chi connectivity index (χ2v) is 12.2. The number of aliphatic hydroxyl groups is 1. The van der Waals surface area contributed by atoms with Crippen LogP contribution >= 0.6 is 15.9 Å². The maximum Gasteiger partial charge on any atom is 0.246 e. The van der Waals surface area contributed by atoms with E-state index in [9.17, 15) is 19.5 Å². The maximum atomic E-state index is 14.0. The van der Waals surface area contributed by atoms with Gasteiger partial charge in [0.2, 0.25) is 17.7 Å². The van der Waals surface area contributed by atoms with Gasteiger partial charge in [-0.15, -0.1) is 0 Å². The Morgan fingerprint density at radius 3 is 2.56 bits per heavy atom. The number of carbonyl (C=O) groups excluding carboxylic acids is 3.